The highest BCUT2D eigenvalue weighted by molar-refractivity contribution is 5.97. The minimum Gasteiger partial charge on any atom is -0.422 e. The molecule has 0 aromatic carbocycles. The van der Waals surface area contributed by atoms with Crippen LogP contribution in [0.3, 0.4) is 0 Å². The maximum Gasteiger partial charge on any atom is 0.146 e. The van der Waals surface area contributed by atoms with Crippen molar-refractivity contribution < 1.29 is 13.9 Å². The summed E-state index contributed by atoms with van der Waals surface area (Å²) in [7, 11) is 0.754. The standard InChI is InChI=1S/C12H19NO3Si/c17-16-9-12-10(3-1-5-13-12)4-2-6-14-7-11-8-15-11/h1,3,5,11H,2,4,6-9H2,17H3. The summed E-state index contributed by atoms with van der Waals surface area (Å²) in [6.45, 7) is 3.03. The smallest absolute Gasteiger partial charge is 0.146 e. The van der Waals surface area contributed by atoms with Crippen molar-refractivity contribution in [3.8, 4) is 0 Å². The van der Waals surface area contributed by atoms with E-state index < -0.39 is 0 Å². The molecule has 1 unspecified atom stereocenters. The summed E-state index contributed by atoms with van der Waals surface area (Å²) < 4.78 is 15.9. The minimum atomic E-state index is 0.363. The van der Waals surface area contributed by atoms with E-state index in [1.54, 1.807) is 0 Å². The van der Waals surface area contributed by atoms with E-state index in [4.69, 9.17) is 13.9 Å². The Morgan fingerprint density at radius 3 is 3.18 bits per heavy atom. The molecule has 1 aliphatic rings. The van der Waals surface area contributed by atoms with Crippen molar-refractivity contribution >= 4 is 10.5 Å². The molecule has 2 heterocycles. The van der Waals surface area contributed by atoms with Gasteiger partial charge in [-0.1, -0.05) is 6.07 Å². The molecule has 1 fully saturated rings. The third kappa shape index (κ3) is 4.55. The van der Waals surface area contributed by atoms with Crippen LogP contribution in [0.5, 0.6) is 0 Å². The van der Waals surface area contributed by atoms with Gasteiger partial charge in [0.1, 0.15) is 16.6 Å². The quantitative estimate of drug-likeness (QED) is 0.378. The van der Waals surface area contributed by atoms with Gasteiger partial charge in [0.15, 0.2) is 0 Å². The second-order valence-corrected chi connectivity index (χ2v) is 4.75. The van der Waals surface area contributed by atoms with E-state index in [1.165, 1.54) is 5.56 Å². The van der Waals surface area contributed by atoms with Crippen molar-refractivity contribution in [1.82, 2.24) is 4.98 Å². The molecule has 5 heteroatoms. The molecule has 1 atom stereocenters. The third-order valence-corrected chi connectivity index (χ3v) is 3.00. The highest BCUT2D eigenvalue weighted by atomic mass is 28.2. The maximum absolute atomic E-state index is 5.51. The zero-order valence-electron chi connectivity index (χ0n) is 10.2. The van der Waals surface area contributed by atoms with Crippen LogP contribution in [0.2, 0.25) is 0 Å². The first-order chi connectivity index (χ1) is 8.40. The number of hydrogen-bond acceptors (Lipinski definition) is 4. The molecule has 0 spiro atoms. The van der Waals surface area contributed by atoms with Gasteiger partial charge in [-0.3, -0.25) is 4.98 Å². The van der Waals surface area contributed by atoms with E-state index in [0.29, 0.717) is 12.7 Å². The van der Waals surface area contributed by atoms with Crippen LogP contribution in [0.15, 0.2) is 18.3 Å². The topological polar surface area (TPSA) is 43.9 Å². The summed E-state index contributed by atoms with van der Waals surface area (Å²) in [4.78, 5) is 4.34. The van der Waals surface area contributed by atoms with Gasteiger partial charge in [0.2, 0.25) is 0 Å². The largest absolute Gasteiger partial charge is 0.422 e. The molecule has 0 bridgehead atoms. The zero-order valence-corrected chi connectivity index (χ0v) is 12.2. The summed E-state index contributed by atoms with van der Waals surface area (Å²) in [6.07, 6.45) is 4.20. The number of hydrogen-bond donors (Lipinski definition) is 0. The Morgan fingerprint density at radius 1 is 1.53 bits per heavy atom. The first-order valence-electron chi connectivity index (χ1n) is 6.01. The minimum absolute atomic E-state index is 0.363. The molecule has 0 radical (unpaired) electrons. The monoisotopic (exact) mass is 253 g/mol. The maximum atomic E-state index is 5.51. The van der Waals surface area contributed by atoms with Gasteiger partial charge in [-0.05, 0) is 24.5 Å². The highest BCUT2D eigenvalue weighted by Crippen LogP contribution is 2.11. The molecule has 1 aliphatic heterocycles. The average Bonchev–Trinajstić information content (AvgIpc) is 3.15. The second kappa shape index (κ2) is 6.86. The van der Waals surface area contributed by atoms with Gasteiger partial charge in [0.25, 0.3) is 0 Å². The molecule has 0 aliphatic carbocycles. The van der Waals surface area contributed by atoms with Crippen LogP contribution in [0.1, 0.15) is 17.7 Å². The fourth-order valence-electron chi connectivity index (χ4n) is 1.71. The van der Waals surface area contributed by atoms with Crippen LogP contribution in [-0.4, -0.2) is 41.4 Å². The Bertz CT molecular complexity index is 344. The Labute approximate surface area is 105 Å². The summed E-state index contributed by atoms with van der Waals surface area (Å²) in [6, 6.07) is 4.09. The van der Waals surface area contributed by atoms with Gasteiger partial charge in [0, 0.05) is 12.8 Å². The normalized spacial score (nSPS) is 18.5. The second-order valence-electron chi connectivity index (χ2n) is 4.18. The number of rotatable bonds is 8. The van der Waals surface area contributed by atoms with Gasteiger partial charge < -0.3 is 13.9 Å². The molecule has 94 valence electrons. The molecule has 1 aromatic rings. The van der Waals surface area contributed by atoms with Crippen molar-refractivity contribution in [3.63, 3.8) is 0 Å². The molecule has 1 aromatic heterocycles. The van der Waals surface area contributed by atoms with Crippen LogP contribution in [-0.2, 0) is 26.9 Å². The first kappa shape index (κ1) is 12.7. The van der Waals surface area contributed by atoms with Crippen LogP contribution in [0.4, 0.5) is 0 Å². The molecule has 0 saturated carbocycles. The number of aryl methyl sites for hydroxylation is 1. The average molecular weight is 253 g/mol. The number of ether oxygens (including phenoxy) is 2. The predicted molar refractivity (Wildman–Crippen MR) is 67.8 cm³/mol. The Morgan fingerprint density at radius 2 is 2.41 bits per heavy atom. The summed E-state index contributed by atoms with van der Waals surface area (Å²) >= 11 is 0. The first-order valence-corrected chi connectivity index (χ1v) is 6.83. The van der Waals surface area contributed by atoms with Crippen molar-refractivity contribution in [2.24, 2.45) is 0 Å². The fourth-order valence-corrected chi connectivity index (χ4v) is 1.98. The van der Waals surface area contributed by atoms with Crippen molar-refractivity contribution in [1.29, 1.82) is 0 Å². The van der Waals surface area contributed by atoms with Gasteiger partial charge in [-0.25, -0.2) is 0 Å². The SMILES string of the molecule is [SiH3]OCc1ncccc1CCCOCC1CO1. The highest BCUT2D eigenvalue weighted by Gasteiger charge is 2.21. The van der Waals surface area contributed by atoms with Gasteiger partial charge in [-0.2, -0.15) is 0 Å². The fraction of sp³-hybridized carbons (Fsp3) is 0.583. The Balaban J connectivity index is 1.69. The molecular weight excluding hydrogens is 234 g/mol. The molecule has 1 saturated heterocycles. The predicted octanol–water partition coefficient (Wildman–Crippen LogP) is 0.227. The van der Waals surface area contributed by atoms with E-state index >= 15 is 0 Å². The lowest BCUT2D eigenvalue weighted by atomic mass is 10.1. The molecular formula is C12H19NO3Si. The third-order valence-electron chi connectivity index (χ3n) is 2.71. The van der Waals surface area contributed by atoms with Gasteiger partial charge in [-0.15, -0.1) is 0 Å². The number of pyridine rings is 1. The number of aromatic nitrogens is 1. The lowest BCUT2D eigenvalue weighted by molar-refractivity contribution is 0.114. The Kier molecular flexibility index (Phi) is 5.12. The van der Waals surface area contributed by atoms with Crippen molar-refractivity contribution in [2.45, 2.75) is 25.6 Å². The molecule has 0 N–H and O–H groups in total. The summed E-state index contributed by atoms with van der Waals surface area (Å²) in [5.41, 5.74) is 2.34. The van der Waals surface area contributed by atoms with E-state index in [0.717, 1.165) is 48.8 Å². The van der Waals surface area contributed by atoms with Crippen LogP contribution in [0, 0.1) is 0 Å². The van der Waals surface area contributed by atoms with E-state index in [9.17, 15) is 0 Å². The van der Waals surface area contributed by atoms with Crippen molar-refractivity contribution in [2.75, 3.05) is 19.8 Å². The van der Waals surface area contributed by atoms with Gasteiger partial charge in [0.05, 0.1) is 25.5 Å². The number of epoxide rings is 1. The van der Waals surface area contributed by atoms with E-state index in [2.05, 4.69) is 11.1 Å². The lowest BCUT2D eigenvalue weighted by Gasteiger charge is -2.07. The van der Waals surface area contributed by atoms with Crippen LogP contribution < -0.4 is 0 Å². The van der Waals surface area contributed by atoms with Gasteiger partial charge >= 0.3 is 0 Å². The van der Waals surface area contributed by atoms with Crippen LogP contribution in [0.25, 0.3) is 0 Å². The molecule has 0 amide bonds. The molecule has 17 heavy (non-hydrogen) atoms. The molecule has 2 rings (SSSR count). The number of nitrogens with zero attached hydrogens (tertiary/aromatic N) is 1. The zero-order chi connectivity index (χ0) is 11.9. The van der Waals surface area contributed by atoms with Crippen molar-refractivity contribution in [3.05, 3.63) is 29.6 Å². The molecule has 4 nitrogen and oxygen atoms in total. The van der Waals surface area contributed by atoms with E-state index in [1.807, 2.05) is 12.3 Å². The Hall–Kier alpha value is -0.753. The van der Waals surface area contributed by atoms with E-state index in [-0.39, 0.29) is 0 Å². The lowest BCUT2D eigenvalue weighted by Crippen LogP contribution is -2.05. The summed E-state index contributed by atoms with van der Waals surface area (Å²) in [5.74, 6) is 0. The summed E-state index contributed by atoms with van der Waals surface area (Å²) in [5, 5.41) is 0. The van der Waals surface area contributed by atoms with Crippen LogP contribution >= 0.6 is 0 Å².